The first-order valence-corrected chi connectivity index (χ1v) is 6.29. The molecule has 1 saturated heterocycles. The lowest BCUT2D eigenvalue weighted by Gasteiger charge is -2.20. The SMILES string of the molecule is CCc1ccc(CC2COCCC2=O)s1. The van der Waals surface area contributed by atoms with Gasteiger partial charge in [0, 0.05) is 22.1 Å². The Balaban J connectivity index is 1.98. The molecule has 1 fully saturated rings. The molecule has 2 nitrogen and oxygen atoms in total. The fourth-order valence-corrected chi connectivity index (χ4v) is 2.87. The molecule has 1 aliphatic heterocycles. The quantitative estimate of drug-likeness (QED) is 0.788. The number of thiophene rings is 1. The van der Waals surface area contributed by atoms with Gasteiger partial charge in [0.1, 0.15) is 5.78 Å². The zero-order valence-electron chi connectivity index (χ0n) is 8.99. The van der Waals surface area contributed by atoms with Crippen molar-refractivity contribution in [3.8, 4) is 0 Å². The summed E-state index contributed by atoms with van der Waals surface area (Å²) in [5.74, 6) is 0.467. The molecule has 0 bridgehead atoms. The summed E-state index contributed by atoms with van der Waals surface area (Å²) in [6.07, 6.45) is 2.54. The van der Waals surface area contributed by atoms with E-state index in [1.165, 1.54) is 9.75 Å². The van der Waals surface area contributed by atoms with E-state index < -0.39 is 0 Å². The first-order valence-electron chi connectivity index (χ1n) is 5.47. The zero-order valence-corrected chi connectivity index (χ0v) is 9.81. The molecule has 15 heavy (non-hydrogen) atoms. The molecule has 1 aromatic rings. The van der Waals surface area contributed by atoms with Crippen LogP contribution >= 0.6 is 11.3 Å². The van der Waals surface area contributed by atoms with Crippen molar-refractivity contribution in [2.75, 3.05) is 13.2 Å². The average Bonchev–Trinajstić information content (AvgIpc) is 2.69. The molecule has 0 aromatic carbocycles. The molecule has 0 spiro atoms. The summed E-state index contributed by atoms with van der Waals surface area (Å²) in [6, 6.07) is 4.31. The highest BCUT2D eigenvalue weighted by Gasteiger charge is 2.23. The van der Waals surface area contributed by atoms with Crippen LogP contribution in [0.25, 0.3) is 0 Å². The summed E-state index contributed by atoms with van der Waals surface area (Å²) < 4.78 is 5.34. The predicted molar refractivity (Wildman–Crippen MR) is 61.3 cm³/mol. The Bertz CT molecular complexity index is 343. The fourth-order valence-electron chi connectivity index (χ4n) is 1.83. The van der Waals surface area contributed by atoms with Gasteiger partial charge in [-0.15, -0.1) is 11.3 Å². The van der Waals surface area contributed by atoms with Crippen LogP contribution in [0.5, 0.6) is 0 Å². The molecule has 2 heterocycles. The molecule has 0 radical (unpaired) electrons. The van der Waals surface area contributed by atoms with Crippen molar-refractivity contribution in [2.45, 2.75) is 26.2 Å². The number of rotatable bonds is 3. The molecular weight excluding hydrogens is 208 g/mol. The van der Waals surface area contributed by atoms with E-state index in [-0.39, 0.29) is 5.92 Å². The molecule has 1 unspecified atom stereocenters. The van der Waals surface area contributed by atoms with Crippen molar-refractivity contribution in [3.63, 3.8) is 0 Å². The number of carbonyl (C=O) groups is 1. The second kappa shape index (κ2) is 4.90. The van der Waals surface area contributed by atoms with Gasteiger partial charge in [0.05, 0.1) is 13.2 Å². The molecule has 0 aliphatic carbocycles. The van der Waals surface area contributed by atoms with Crippen LogP contribution in [0.15, 0.2) is 12.1 Å². The van der Waals surface area contributed by atoms with E-state index in [2.05, 4.69) is 19.1 Å². The number of hydrogen-bond acceptors (Lipinski definition) is 3. The summed E-state index contributed by atoms with van der Waals surface area (Å²) >= 11 is 1.82. The minimum Gasteiger partial charge on any atom is -0.380 e. The van der Waals surface area contributed by atoms with Gasteiger partial charge in [-0.25, -0.2) is 0 Å². The van der Waals surface area contributed by atoms with Crippen molar-refractivity contribution in [2.24, 2.45) is 5.92 Å². The van der Waals surface area contributed by atoms with Crippen LogP contribution in [-0.4, -0.2) is 19.0 Å². The van der Waals surface area contributed by atoms with Gasteiger partial charge < -0.3 is 4.74 Å². The van der Waals surface area contributed by atoms with Crippen LogP contribution in [0.1, 0.15) is 23.1 Å². The lowest BCUT2D eigenvalue weighted by molar-refractivity contribution is -0.130. The zero-order chi connectivity index (χ0) is 10.7. The smallest absolute Gasteiger partial charge is 0.140 e. The van der Waals surface area contributed by atoms with Crippen LogP contribution in [0.3, 0.4) is 0 Å². The summed E-state index contributed by atoms with van der Waals surface area (Å²) in [5.41, 5.74) is 0. The molecule has 1 atom stereocenters. The number of carbonyl (C=O) groups excluding carboxylic acids is 1. The molecule has 82 valence electrons. The summed E-state index contributed by atoms with van der Waals surface area (Å²) in [5, 5.41) is 0. The molecule has 0 amide bonds. The molecule has 1 aliphatic rings. The molecular formula is C12H16O2S. The van der Waals surface area contributed by atoms with Gasteiger partial charge in [-0.05, 0) is 25.0 Å². The Labute approximate surface area is 94.3 Å². The van der Waals surface area contributed by atoms with Gasteiger partial charge in [0.25, 0.3) is 0 Å². The minimum absolute atomic E-state index is 0.0992. The number of ether oxygens (including phenoxy) is 1. The van der Waals surface area contributed by atoms with Crippen LogP contribution in [0, 0.1) is 5.92 Å². The van der Waals surface area contributed by atoms with E-state index in [0.29, 0.717) is 25.4 Å². The fraction of sp³-hybridized carbons (Fsp3) is 0.583. The topological polar surface area (TPSA) is 26.3 Å². The third kappa shape index (κ3) is 2.67. The van der Waals surface area contributed by atoms with E-state index in [9.17, 15) is 4.79 Å². The van der Waals surface area contributed by atoms with Crippen molar-refractivity contribution in [1.82, 2.24) is 0 Å². The Hall–Kier alpha value is -0.670. The lowest BCUT2D eigenvalue weighted by atomic mass is 9.96. The molecule has 0 saturated carbocycles. The van der Waals surface area contributed by atoms with Gasteiger partial charge in [0.15, 0.2) is 0 Å². The monoisotopic (exact) mass is 224 g/mol. The number of ketones is 1. The average molecular weight is 224 g/mol. The normalized spacial score (nSPS) is 21.9. The molecule has 3 heteroatoms. The van der Waals surface area contributed by atoms with Gasteiger partial charge in [-0.2, -0.15) is 0 Å². The van der Waals surface area contributed by atoms with E-state index in [0.717, 1.165) is 12.8 Å². The molecule has 1 aromatic heterocycles. The third-order valence-electron chi connectivity index (χ3n) is 2.78. The van der Waals surface area contributed by atoms with Crippen molar-refractivity contribution in [1.29, 1.82) is 0 Å². The Morgan fingerprint density at radius 3 is 2.93 bits per heavy atom. The lowest BCUT2D eigenvalue weighted by Crippen LogP contribution is -2.28. The maximum Gasteiger partial charge on any atom is 0.140 e. The summed E-state index contributed by atoms with van der Waals surface area (Å²) in [7, 11) is 0. The largest absolute Gasteiger partial charge is 0.380 e. The first kappa shape index (κ1) is 10.8. The summed E-state index contributed by atoms with van der Waals surface area (Å²) in [6.45, 7) is 3.38. The highest BCUT2D eigenvalue weighted by atomic mass is 32.1. The number of aryl methyl sites for hydroxylation is 1. The Morgan fingerprint density at radius 2 is 2.27 bits per heavy atom. The Kier molecular flexibility index (Phi) is 3.54. The van der Waals surface area contributed by atoms with Crippen molar-refractivity contribution in [3.05, 3.63) is 21.9 Å². The summed E-state index contributed by atoms with van der Waals surface area (Å²) in [4.78, 5) is 14.3. The van der Waals surface area contributed by atoms with E-state index >= 15 is 0 Å². The number of hydrogen-bond donors (Lipinski definition) is 0. The van der Waals surface area contributed by atoms with Gasteiger partial charge in [0.2, 0.25) is 0 Å². The molecule has 2 rings (SSSR count). The highest BCUT2D eigenvalue weighted by molar-refractivity contribution is 7.12. The van der Waals surface area contributed by atoms with E-state index in [1.807, 2.05) is 11.3 Å². The second-order valence-electron chi connectivity index (χ2n) is 3.91. The van der Waals surface area contributed by atoms with Gasteiger partial charge >= 0.3 is 0 Å². The van der Waals surface area contributed by atoms with Gasteiger partial charge in [-0.3, -0.25) is 4.79 Å². The highest BCUT2D eigenvalue weighted by Crippen LogP contribution is 2.22. The van der Waals surface area contributed by atoms with Crippen LogP contribution in [0.2, 0.25) is 0 Å². The first-order chi connectivity index (χ1) is 7.29. The van der Waals surface area contributed by atoms with Gasteiger partial charge in [-0.1, -0.05) is 6.92 Å². The van der Waals surface area contributed by atoms with Crippen LogP contribution in [0.4, 0.5) is 0 Å². The van der Waals surface area contributed by atoms with E-state index in [1.54, 1.807) is 0 Å². The Morgan fingerprint density at radius 1 is 1.47 bits per heavy atom. The number of Topliss-reactive ketones (excluding diaryl/α,β-unsaturated/α-hetero) is 1. The van der Waals surface area contributed by atoms with Crippen LogP contribution < -0.4 is 0 Å². The minimum atomic E-state index is 0.0992. The molecule has 0 N–H and O–H groups in total. The maximum atomic E-state index is 11.6. The third-order valence-corrected chi connectivity index (χ3v) is 4.03. The standard InChI is InChI=1S/C12H16O2S/c1-2-10-3-4-11(15-10)7-9-8-14-6-5-12(9)13/h3-4,9H,2,5-8H2,1H3. The van der Waals surface area contributed by atoms with E-state index in [4.69, 9.17) is 4.74 Å². The van der Waals surface area contributed by atoms with Crippen LogP contribution in [-0.2, 0) is 22.4 Å². The van der Waals surface area contributed by atoms with Crippen molar-refractivity contribution < 1.29 is 9.53 Å². The van der Waals surface area contributed by atoms with Crippen molar-refractivity contribution >= 4 is 17.1 Å². The maximum absolute atomic E-state index is 11.6. The second-order valence-corrected chi connectivity index (χ2v) is 5.17. The predicted octanol–water partition coefficient (Wildman–Crippen LogP) is 2.46.